The zero-order chi connectivity index (χ0) is 16.9. The fraction of sp³-hybridized carbons (Fsp3) is 0.611. The van der Waals surface area contributed by atoms with Crippen LogP contribution in [0.25, 0.3) is 0 Å². The van der Waals surface area contributed by atoms with Crippen LogP contribution in [0.2, 0.25) is 0 Å². The smallest absolute Gasteiger partial charge is 0.227 e. The van der Waals surface area contributed by atoms with E-state index in [2.05, 4.69) is 0 Å². The molecule has 1 aliphatic rings. The van der Waals surface area contributed by atoms with E-state index in [0.717, 1.165) is 11.3 Å². The highest BCUT2D eigenvalue weighted by Gasteiger charge is 2.35. The molecule has 1 fully saturated rings. The zero-order valence-corrected chi connectivity index (χ0v) is 14.5. The minimum Gasteiger partial charge on any atom is -0.494 e. The summed E-state index contributed by atoms with van der Waals surface area (Å²) < 4.78 is 16.6. The van der Waals surface area contributed by atoms with Crippen molar-refractivity contribution in [2.75, 3.05) is 33.4 Å². The van der Waals surface area contributed by atoms with Gasteiger partial charge in [-0.3, -0.25) is 4.79 Å². The standard InChI is InChI=1S/C18H27NO4/c1-5-22-15-8-6-14(7-9-15)10-17(20)19-11-16(12-21-4)23-18(2,3)13-19/h6-9,16H,5,10-13H2,1-4H3. The fourth-order valence-electron chi connectivity index (χ4n) is 2.91. The fourth-order valence-corrected chi connectivity index (χ4v) is 2.91. The van der Waals surface area contributed by atoms with Crippen LogP contribution in [0.15, 0.2) is 24.3 Å². The summed E-state index contributed by atoms with van der Waals surface area (Å²) in [4.78, 5) is 14.5. The molecule has 0 saturated carbocycles. The van der Waals surface area contributed by atoms with Gasteiger partial charge in [0, 0.05) is 20.2 Å². The van der Waals surface area contributed by atoms with E-state index in [1.54, 1.807) is 7.11 Å². The Morgan fingerprint density at radius 3 is 2.65 bits per heavy atom. The highest BCUT2D eigenvalue weighted by Crippen LogP contribution is 2.22. The van der Waals surface area contributed by atoms with Gasteiger partial charge in [0.05, 0.1) is 31.3 Å². The number of methoxy groups -OCH3 is 1. The quantitative estimate of drug-likeness (QED) is 0.806. The maximum absolute atomic E-state index is 12.6. The van der Waals surface area contributed by atoms with Gasteiger partial charge >= 0.3 is 0 Å². The Hall–Kier alpha value is -1.59. The summed E-state index contributed by atoms with van der Waals surface area (Å²) in [6.45, 7) is 8.28. The first-order chi connectivity index (χ1) is 10.9. The van der Waals surface area contributed by atoms with Gasteiger partial charge in [-0.1, -0.05) is 12.1 Å². The minimum absolute atomic E-state index is 0.0759. The molecule has 1 atom stereocenters. The number of amides is 1. The molecule has 128 valence electrons. The van der Waals surface area contributed by atoms with Crippen LogP contribution in [0.5, 0.6) is 5.75 Å². The van der Waals surface area contributed by atoms with E-state index >= 15 is 0 Å². The molecule has 0 aromatic heterocycles. The van der Waals surface area contributed by atoms with Gasteiger partial charge in [-0.25, -0.2) is 0 Å². The number of rotatable bonds is 6. The Balaban J connectivity index is 1.98. The molecule has 0 spiro atoms. The summed E-state index contributed by atoms with van der Waals surface area (Å²) in [5.41, 5.74) is 0.640. The molecule has 1 aromatic carbocycles. The number of carbonyl (C=O) groups excluding carboxylic acids is 1. The second-order valence-corrected chi connectivity index (χ2v) is 6.48. The van der Waals surface area contributed by atoms with Crippen LogP contribution in [-0.2, 0) is 20.7 Å². The van der Waals surface area contributed by atoms with Gasteiger partial charge in [-0.05, 0) is 38.5 Å². The molecule has 0 N–H and O–H groups in total. The van der Waals surface area contributed by atoms with Crippen molar-refractivity contribution in [3.8, 4) is 5.75 Å². The Morgan fingerprint density at radius 1 is 1.35 bits per heavy atom. The molecule has 1 amide bonds. The predicted molar refractivity (Wildman–Crippen MR) is 88.7 cm³/mol. The topological polar surface area (TPSA) is 48.0 Å². The van der Waals surface area contributed by atoms with Gasteiger partial charge in [0.25, 0.3) is 0 Å². The molecule has 1 heterocycles. The monoisotopic (exact) mass is 321 g/mol. The summed E-state index contributed by atoms with van der Waals surface area (Å²) in [7, 11) is 1.65. The van der Waals surface area contributed by atoms with Gasteiger partial charge in [-0.2, -0.15) is 0 Å². The molecule has 1 saturated heterocycles. The van der Waals surface area contributed by atoms with E-state index < -0.39 is 0 Å². The number of carbonyl (C=O) groups is 1. The van der Waals surface area contributed by atoms with Gasteiger partial charge < -0.3 is 19.1 Å². The molecule has 5 heteroatoms. The van der Waals surface area contributed by atoms with E-state index in [1.165, 1.54) is 0 Å². The Labute approximate surface area is 138 Å². The number of hydrogen-bond acceptors (Lipinski definition) is 4. The lowest BCUT2D eigenvalue weighted by atomic mass is 10.0. The van der Waals surface area contributed by atoms with Crippen molar-refractivity contribution in [3.05, 3.63) is 29.8 Å². The number of benzene rings is 1. The maximum atomic E-state index is 12.6. The van der Waals surface area contributed by atoms with E-state index in [0.29, 0.717) is 32.7 Å². The average Bonchev–Trinajstić information content (AvgIpc) is 2.48. The van der Waals surface area contributed by atoms with Crippen LogP contribution >= 0.6 is 0 Å². The molecule has 1 aliphatic heterocycles. The first kappa shape index (κ1) is 17.8. The van der Waals surface area contributed by atoms with Crippen molar-refractivity contribution in [1.82, 2.24) is 4.90 Å². The molecule has 23 heavy (non-hydrogen) atoms. The lowest BCUT2D eigenvalue weighted by Gasteiger charge is -2.42. The number of morpholine rings is 1. The second kappa shape index (κ2) is 7.79. The number of ether oxygens (including phenoxy) is 3. The largest absolute Gasteiger partial charge is 0.494 e. The molecule has 0 bridgehead atoms. The molecule has 2 rings (SSSR count). The minimum atomic E-state index is -0.351. The number of nitrogens with zero attached hydrogens (tertiary/aromatic N) is 1. The third-order valence-electron chi connectivity index (χ3n) is 3.78. The molecular weight excluding hydrogens is 294 g/mol. The van der Waals surface area contributed by atoms with Crippen molar-refractivity contribution in [2.24, 2.45) is 0 Å². The van der Waals surface area contributed by atoms with E-state index in [4.69, 9.17) is 14.2 Å². The molecular formula is C18H27NO4. The Bertz CT molecular complexity index is 512. The van der Waals surface area contributed by atoms with Crippen LogP contribution in [0.4, 0.5) is 0 Å². The van der Waals surface area contributed by atoms with Crippen LogP contribution in [0, 0.1) is 0 Å². The third-order valence-corrected chi connectivity index (χ3v) is 3.78. The third kappa shape index (κ3) is 5.22. The van der Waals surface area contributed by atoms with Gasteiger partial charge in [0.15, 0.2) is 0 Å². The van der Waals surface area contributed by atoms with Crippen molar-refractivity contribution in [3.63, 3.8) is 0 Å². The van der Waals surface area contributed by atoms with Gasteiger partial charge in [-0.15, -0.1) is 0 Å². The average molecular weight is 321 g/mol. The Morgan fingerprint density at radius 2 is 2.04 bits per heavy atom. The summed E-state index contributed by atoms with van der Waals surface area (Å²) in [5.74, 6) is 0.947. The van der Waals surface area contributed by atoms with Crippen molar-refractivity contribution < 1.29 is 19.0 Å². The van der Waals surface area contributed by atoms with Crippen molar-refractivity contribution in [2.45, 2.75) is 38.9 Å². The lowest BCUT2D eigenvalue weighted by molar-refractivity contribution is -0.168. The highest BCUT2D eigenvalue weighted by molar-refractivity contribution is 5.79. The normalized spacial score (nSPS) is 20.3. The van der Waals surface area contributed by atoms with Crippen LogP contribution < -0.4 is 4.74 Å². The summed E-state index contributed by atoms with van der Waals surface area (Å²) in [6.07, 6.45) is 0.315. The summed E-state index contributed by atoms with van der Waals surface area (Å²) in [6, 6.07) is 7.70. The molecule has 1 aromatic rings. The number of hydrogen-bond donors (Lipinski definition) is 0. The summed E-state index contributed by atoms with van der Waals surface area (Å²) in [5, 5.41) is 0. The van der Waals surface area contributed by atoms with Crippen LogP contribution in [0.1, 0.15) is 26.3 Å². The first-order valence-electron chi connectivity index (χ1n) is 8.10. The second-order valence-electron chi connectivity index (χ2n) is 6.48. The van der Waals surface area contributed by atoms with Crippen molar-refractivity contribution in [1.29, 1.82) is 0 Å². The van der Waals surface area contributed by atoms with Crippen LogP contribution in [-0.4, -0.2) is 55.9 Å². The first-order valence-corrected chi connectivity index (χ1v) is 8.10. The molecule has 0 aliphatic carbocycles. The summed E-state index contributed by atoms with van der Waals surface area (Å²) >= 11 is 0. The zero-order valence-electron chi connectivity index (χ0n) is 14.5. The van der Waals surface area contributed by atoms with Gasteiger partial charge in [0.2, 0.25) is 5.91 Å². The molecule has 1 unspecified atom stereocenters. The van der Waals surface area contributed by atoms with E-state index in [-0.39, 0.29) is 17.6 Å². The van der Waals surface area contributed by atoms with Gasteiger partial charge in [0.1, 0.15) is 5.75 Å². The maximum Gasteiger partial charge on any atom is 0.227 e. The Kier molecular flexibility index (Phi) is 6.02. The van der Waals surface area contributed by atoms with E-state index in [9.17, 15) is 4.79 Å². The highest BCUT2D eigenvalue weighted by atomic mass is 16.5. The lowest BCUT2D eigenvalue weighted by Crippen LogP contribution is -2.56. The molecule has 0 radical (unpaired) electrons. The SMILES string of the molecule is CCOc1ccc(CC(=O)N2CC(COC)OC(C)(C)C2)cc1. The molecule has 5 nitrogen and oxygen atoms in total. The van der Waals surface area contributed by atoms with Crippen LogP contribution in [0.3, 0.4) is 0 Å². The van der Waals surface area contributed by atoms with E-state index in [1.807, 2.05) is 49.9 Å². The predicted octanol–water partition coefficient (Wildman–Crippen LogP) is 2.28. The van der Waals surface area contributed by atoms with Crippen molar-refractivity contribution >= 4 is 5.91 Å².